The molecule has 3 atom stereocenters. The summed E-state index contributed by atoms with van der Waals surface area (Å²) in [7, 11) is -4.35. The van der Waals surface area contributed by atoms with Crippen LogP contribution in [-0.4, -0.2) is 79.0 Å². The first-order valence-corrected chi connectivity index (χ1v) is 13.9. The van der Waals surface area contributed by atoms with Gasteiger partial charge < -0.3 is 19.9 Å². The molecule has 0 radical (unpaired) electrons. The zero-order valence-corrected chi connectivity index (χ0v) is 20.1. The molecule has 4 rings (SSSR count). The van der Waals surface area contributed by atoms with E-state index >= 15 is 0 Å². The van der Waals surface area contributed by atoms with Gasteiger partial charge in [0, 0.05) is 16.4 Å². The lowest BCUT2D eigenvalue weighted by Gasteiger charge is -2.49. The van der Waals surface area contributed by atoms with Crippen LogP contribution in [-0.2, 0) is 30.3 Å². The molecule has 182 valence electrons. The highest BCUT2D eigenvalue weighted by Crippen LogP contribution is 2.41. The highest BCUT2D eigenvalue weighted by molar-refractivity contribution is 8.01. The number of rotatable bonds is 9. The summed E-state index contributed by atoms with van der Waals surface area (Å²) < 4.78 is 35.7. The second-order valence-electron chi connectivity index (χ2n) is 7.05. The predicted octanol–water partition coefficient (Wildman–Crippen LogP) is 0.0832. The Bertz CT molecular complexity index is 1260. The van der Waals surface area contributed by atoms with E-state index in [0.29, 0.717) is 10.5 Å². The van der Waals surface area contributed by atoms with E-state index in [1.165, 1.54) is 23.1 Å². The largest absolute Gasteiger partial charge is 0.477 e. The van der Waals surface area contributed by atoms with Gasteiger partial charge in [0.1, 0.15) is 17.1 Å². The minimum atomic E-state index is -4.35. The van der Waals surface area contributed by atoms with Crippen LogP contribution in [0.25, 0.3) is 0 Å². The fraction of sp³-hybridized carbons (Fsp3) is 0.353. The number of aliphatic hydroxyl groups is 1. The number of carbonyl (C=O) groups excluding carboxylic acids is 2. The quantitative estimate of drug-likeness (QED) is 0.187. The average molecular weight is 549 g/mol. The number of carboxylic acids is 1. The number of carboxylic acid groups (broad SMARTS) is 1. The summed E-state index contributed by atoms with van der Waals surface area (Å²) in [6, 6.07) is 2.29. The molecule has 1 fully saturated rings. The maximum Gasteiger partial charge on any atom is 0.352 e. The van der Waals surface area contributed by atoms with Crippen molar-refractivity contribution < 1.29 is 42.0 Å². The number of aromatic nitrogens is 2. The summed E-state index contributed by atoms with van der Waals surface area (Å²) in [4.78, 5) is 38.5. The summed E-state index contributed by atoms with van der Waals surface area (Å²) in [5.41, 5.74) is 0.174. The van der Waals surface area contributed by atoms with Gasteiger partial charge in [-0.05, 0) is 17.0 Å². The molecule has 0 aromatic carbocycles. The van der Waals surface area contributed by atoms with Crippen molar-refractivity contribution in [1.82, 2.24) is 20.4 Å². The van der Waals surface area contributed by atoms with Gasteiger partial charge >= 0.3 is 5.97 Å². The van der Waals surface area contributed by atoms with Crippen LogP contribution >= 0.6 is 34.9 Å². The molecule has 2 amide bonds. The summed E-state index contributed by atoms with van der Waals surface area (Å²) >= 11 is 3.39. The Hall–Kier alpha value is -2.44. The fourth-order valence-corrected chi connectivity index (χ4v) is 6.66. The zero-order chi connectivity index (χ0) is 24.6. The lowest BCUT2D eigenvalue weighted by atomic mass is 10.0. The second kappa shape index (κ2) is 9.67. The van der Waals surface area contributed by atoms with E-state index in [0.717, 1.165) is 16.7 Å². The van der Waals surface area contributed by atoms with E-state index in [4.69, 9.17) is 8.97 Å². The number of β-lactam (4-membered cyclic amide) rings is 1. The van der Waals surface area contributed by atoms with Crippen LogP contribution in [0.5, 0.6) is 0 Å². The monoisotopic (exact) mass is 548 g/mol. The van der Waals surface area contributed by atoms with Gasteiger partial charge in [-0.3, -0.25) is 19.0 Å². The van der Waals surface area contributed by atoms with Crippen LogP contribution in [0.2, 0.25) is 0 Å². The van der Waals surface area contributed by atoms with Crippen molar-refractivity contribution in [2.75, 3.05) is 11.5 Å². The molecule has 4 heterocycles. The first-order valence-electron chi connectivity index (χ1n) is 9.37. The Morgan fingerprint density at radius 2 is 2.15 bits per heavy atom. The molecule has 2 unspecified atom stereocenters. The molecule has 34 heavy (non-hydrogen) atoms. The molecule has 2 aromatic heterocycles. The van der Waals surface area contributed by atoms with E-state index in [1.54, 1.807) is 17.5 Å². The maximum absolute atomic E-state index is 12.7. The standard InChI is InChI=1S/C17H16N4O9S4/c22-12(8-2-1-3-31-8)13(23)18-10-14(24)21-11(16(25)26)7(4-32-15(10)21)5-33-17-20-19-9(30-17)6-34(27,28)29/h1-3,10,12,15,22H,4-6H2,(H,18,23)(H,25,26)(H,27,28,29)/t10?,12?,15-/m0/s1. The van der Waals surface area contributed by atoms with Crippen LogP contribution in [0.15, 0.2) is 38.4 Å². The summed E-state index contributed by atoms with van der Waals surface area (Å²) in [6.45, 7) is 0. The number of thiophene rings is 1. The van der Waals surface area contributed by atoms with E-state index in [9.17, 15) is 33.0 Å². The predicted molar refractivity (Wildman–Crippen MR) is 119 cm³/mol. The number of aliphatic hydroxyl groups excluding tert-OH is 1. The number of fused-ring (bicyclic) bond motifs is 1. The van der Waals surface area contributed by atoms with Gasteiger partial charge in [-0.1, -0.05) is 17.8 Å². The Balaban J connectivity index is 1.43. The molecule has 0 saturated carbocycles. The number of hydrogen-bond acceptors (Lipinski definition) is 12. The van der Waals surface area contributed by atoms with Crippen LogP contribution < -0.4 is 5.32 Å². The normalized spacial score (nSPS) is 21.1. The minimum Gasteiger partial charge on any atom is -0.477 e. The van der Waals surface area contributed by atoms with Crippen LogP contribution in [0, 0.1) is 0 Å². The van der Waals surface area contributed by atoms with E-state index in [1.807, 2.05) is 0 Å². The molecule has 4 N–H and O–H groups in total. The smallest absolute Gasteiger partial charge is 0.352 e. The molecule has 2 aliphatic heterocycles. The molecule has 2 aromatic rings. The van der Waals surface area contributed by atoms with Gasteiger partial charge in [0.05, 0.1) is 0 Å². The van der Waals surface area contributed by atoms with Crippen molar-refractivity contribution in [3.8, 4) is 0 Å². The minimum absolute atomic E-state index is 0.0364. The average Bonchev–Trinajstić information content (AvgIpc) is 3.45. The van der Waals surface area contributed by atoms with Crippen LogP contribution in [0.4, 0.5) is 0 Å². The Labute approximate surface area is 204 Å². The van der Waals surface area contributed by atoms with Crippen molar-refractivity contribution in [2.45, 2.75) is 28.5 Å². The van der Waals surface area contributed by atoms with E-state index in [-0.39, 0.29) is 28.3 Å². The Morgan fingerprint density at radius 1 is 1.38 bits per heavy atom. The molecular formula is C17H16N4O9S4. The molecule has 13 nitrogen and oxygen atoms in total. The number of nitrogens with zero attached hydrogens (tertiary/aromatic N) is 3. The first-order chi connectivity index (χ1) is 16.0. The number of hydrogen-bond donors (Lipinski definition) is 4. The van der Waals surface area contributed by atoms with Crippen molar-refractivity contribution >= 4 is 62.8 Å². The lowest BCUT2D eigenvalue weighted by Crippen LogP contribution is -2.70. The lowest BCUT2D eigenvalue weighted by molar-refractivity contribution is -0.151. The molecule has 0 bridgehead atoms. The maximum atomic E-state index is 12.7. The molecular weight excluding hydrogens is 532 g/mol. The zero-order valence-electron chi connectivity index (χ0n) is 16.9. The van der Waals surface area contributed by atoms with Gasteiger partial charge in [-0.2, -0.15) is 8.42 Å². The molecule has 17 heteroatoms. The third-order valence-electron chi connectivity index (χ3n) is 4.73. The summed E-state index contributed by atoms with van der Waals surface area (Å²) in [6.07, 6.45) is -1.43. The third-order valence-corrected chi connectivity index (χ3v) is 8.51. The van der Waals surface area contributed by atoms with Crippen LogP contribution in [0.1, 0.15) is 16.9 Å². The fourth-order valence-electron chi connectivity index (χ4n) is 3.26. The van der Waals surface area contributed by atoms with Gasteiger partial charge in [0.2, 0.25) is 5.89 Å². The SMILES string of the molecule is O=C(O)C1=C(CSc2nnc(CS(=O)(=O)O)o2)CS[C@H]2C(NC(=O)C(O)c3cccs3)C(=O)N12. The van der Waals surface area contributed by atoms with Crippen molar-refractivity contribution in [3.63, 3.8) is 0 Å². The van der Waals surface area contributed by atoms with E-state index in [2.05, 4.69) is 15.5 Å². The van der Waals surface area contributed by atoms with Crippen molar-refractivity contribution in [3.05, 3.63) is 39.6 Å². The number of thioether (sulfide) groups is 2. The van der Waals surface area contributed by atoms with Crippen molar-refractivity contribution in [2.24, 2.45) is 0 Å². The number of amides is 2. The van der Waals surface area contributed by atoms with Gasteiger partial charge in [0.15, 0.2) is 11.9 Å². The highest BCUT2D eigenvalue weighted by Gasteiger charge is 2.54. The van der Waals surface area contributed by atoms with Crippen molar-refractivity contribution in [1.29, 1.82) is 0 Å². The van der Waals surface area contributed by atoms with Gasteiger partial charge in [-0.25, -0.2) is 4.79 Å². The van der Waals surface area contributed by atoms with Crippen LogP contribution in [0.3, 0.4) is 0 Å². The third kappa shape index (κ3) is 5.13. The van der Waals surface area contributed by atoms with Gasteiger partial charge in [-0.15, -0.1) is 33.3 Å². The molecule has 0 spiro atoms. The second-order valence-corrected chi connectivity index (χ2v) is 11.5. The first kappa shape index (κ1) is 24.7. The Morgan fingerprint density at radius 3 is 2.79 bits per heavy atom. The highest BCUT2D eigenvalue weighted by atomic mass is 32.2. The summed E-state index contributed by atoms with van der Waals surface area (Å²) in [5.74, 6) is -3.57. The van der Waals surface area contributed by atoms with Gasteiger partial charge in [0.25, 0.3) is 27.2 Å². The Kier molecular flexibility index (Phi) is 7.02. The summed E-state index contributed by atoms with van der Waals surface area (Å²) in [5, 5.41) is 30.5. The molecule has 2 aliphatic rings. The van der Waals surface area contributed by atoms with E-state index < -0.39 is 51.2 Å². The molecule has 1 saturated heterocycles. The molecule has 0 aliphatic carbocycles. The number of carbonyl (C=O) groups is 3. The topological polar surface area (TPSA) is 200 Å². The number of nitrogens with one attached hydrogen (secondary N) is 1. The number of aliphatic carboxylic acids is 1.